The molecule has 3 nitrogen and oxygen atoms in total. The maximum atomic E-state index is 8.50. The first-order valence-corrected chi connectivity index (χ1v) is 7.64. The maximum Gasteiger partial charge on any atom is 0.121 e. The molecule has 1 saturated carbocycles. The summed E-state index contributed by atoms with van der Waals surface area (Å²) in [5.74, 6) is 1.71. The van der Waals surface area contributed by atoms with Gasteiger partial charge in [-0.25, -0.2) is 0 Å². The van der Waals surface area contributed by atoms with Crippen LogP contribution in [-0.2, 0) is 0 Å². The standard InChI is InChI=1S/C17H24N2O/c1-14-6-4-7-15(12-14)19-16-8-5-9-17(13-16)20-11-3-2-10-18/h5,8-9,13-15,19H,2-4,6-7,11-12H2,1H3. The first kappa shape index (κ1) is 14.7. The van der Waals surface area contributed by atoms with Crippen molar-refractivity contribution < 1.29 is 4.74 Å². The number of anilines is 1. The third kappa shape index (κ3) is 4.77. The zero-order valence-electron chi connectivity index (χ0n) is 12.3. The van der Waals surface area contributed by atoms with Crippen molar-refractivity contribution in [3.05, 3.63) is 24.3 Å². The number of nitrogens with zero attached hydrogens (tertiary/aromatic N) is 1. The summed E-state index contributed by atoms with van der Waals surface area (Å²) in [6.45, 7) is 2.94. The number of unbranched alkanes of at least 4 members (excludes halogenated alkanes) is 1. The van der Waals surface area contributed by atoms with Gasteiger partial charge in [-0.2, -0.15) is 5.26 Å². The van der Waals surface area contributed by atoms with E-state index in [1.54, 1.807) is 0 Å². The van der Waals surface area contributed by atoms with Gasteiger partial charge in [-0.15, -0.1) is 0 Å². The molecule has 1 aliphatic rings. The summed E-state index contributed by atoms with van der Waals surface area (Å²) in [5.41, 5.74) is 1.14. The van der Waals surface area contributed by atoms with E-state index >= 15 is 0 Å². The van der Waals surface area contributed by atoms with Crippen LogP contribution >= 0.6 is 0 Å². The van der Waals surface area contributed by atoms with Gasteiger partial charge in [0.05, 0.1) is 12.7 Å². The van der Waals surface area contributed by atoms with Crippen molar-refractivity contribution in [3.8, 4) is 11.8 Å². The molecule has 1 aromatic carbocycles. The highest BCUT2D eigenvalue weighted by molar-refractivity contribution is 5.48. The molecule has 0 saturated heterocycles. The highest BCUT2D eigenvalue weighted by atomic mass is 16.5. The van der Waals surface area contributed by atoms with E-state index in [1.807, 2.05) is 12.1 Å². The molecule has 0 amide bonds. The van der Waals surface area contributed by atoms with Gasteiger partial charge in [0.1, 0.15) is 5.75 Å². The van der Waals surface area contributed by atoms with Crippen molar-refractivity contribution >= 4 is 5.69 Å². The second-order valence-electron chi connectivity index (χ2n) is 5.75. The predicted molar refractivity (Wildman–Crippen MR) is 81.8 cm³/mol. The van der Waals surface area contributed by atoms with E-state index < -0.39 is 0 Å². The molecule has 0 aromatic heterocycles. The fourth-order valence-electron chi connectivity index (χ4n) is 2.82. The van der Waals surface area contributed by atoms with Crippen molar-refractivity contribution in [3.63, 3.8) is 0 Å². The third-order valence-electron chi connectivity index (χ3n) is 3.84. The van der Waals surface area contributed by atoms with E-state index in [0.29, 0.717) is 19.1 Å². The fraction of sp³-hybridized carbons (Fsp3) is 0.588. The Balaban J connectivity index is 1.84. The van der Waals surface area contributed by atoms with E-state index in [9.17, 15) is 0 Å². The minimum Gasteiger partial charge on any atom is -0.493 e. The number of hydrogen-bond acceptors (Lipinski definition) is 3. The molecule has 0 aliphatic heterocycles. The molecule has 1 aliphatic carbocycles. The zero-order valence-corrected chi connectivity index (χ0v) is 12.3. The molecule has 0 radical (unpaired) electrons. The van der Waals surface area contributed by atoms with Gasteiger partial charge in [0, 0.05) is 24.2 Å². The normalized spacial score (nSPS) is 22.0. The van der Waals surface area contributed by atoms with E-state index in [0.717, 1.165) is 23.8 Å². The minimum atomic E-state index is 0.553. The summed E-state index contributed by atoms with van der Waals surface area (Å²) in [5, 5.41) is 12.1. The smallest absolute Gasteiger partial charge is 0.121 e. The third-order valence-corrected chi connectivity index (χ3v) is 3.84. The van der Waals surface area contributed by atoms with Gasteiger partial charge in [-0.05, 0) is 37.3 Å². The molecule has 0 heterocycles. The summed E-state index contributed by atoms with van der Waals surface area (Å²) < 4.78 is 5.67. The highest BCUT2D eigenvalue weighted by Crippen LogP contribution is 2.27. The first-order chi connectivity index (χ1) is 9.78. The van der Waals surface area contributed by atoms with Gasteiger partial charge in [-0.1, -0.05) is 25.8 Å². The van der Waals surface area contributed by atoms with Gasteiger partial charge in [0.2, 0.25) is 0 Å². The van der Waals surface area contributed by atoms with Crippen LogP contribution in [0, 0.1) is 17.2 Å². The monoisotopic (exact) mass is 272 g/mol. The summed E-state index contributed by atoms with van der Waals surface area (Å²) in [6.07, 6.45) is 6.54. The quantitative estimate of drug-likeness (QED) is 0.783. The lowest BCUT2D eigenvalue weighted by Crippen LogP contribution is -2.26. The average molecular weight is 272 g/mol. The Bertz CT molecular complexity index is 453. The van der Waals surface area contributed by atoms with Crippen LogP contribution in [0.1, 0.15) is 45.4 Å². The molecule has 0 spiro atoms. The fourth-order valence-corrected chi connectivity index (χ4v) is 2.82. The Labute approximate surface area is 121 Å². The van der Waals surface area contributed by atoms with Crippen LogP contribution in [0.25, 0.3) is 0 Å². The van der Waals surface area contributed by atoms with Gasteiger partial charge < -0.3 is 10.1 Å². The maximum absolute atomic E-state index is 8.50. The Hall–Kier alpha value is -1.69. The SMILES string of the molecule is CC1CCCC(Nc2cccc(OCCCC#N)c2)C1. The van der Waals surface area contributed by atoms with Crippen molar-refractivity contribution in [1.29, 1.82) is 5.26 Å². The van der Waals surface area contributed by atoms with Gasteiger partial charge in [0.25, 0.3) is 0 Å². The van der Waals surface area contributed by atoms with Crippen LogP contribution in [0.15, 0.2) is 24.3 Å². The molecular weight excluding hydrogens is 248 g/mol. The predicted octanol–water partition coefficient (Wildman–Crippen LogP) is 4.36. The van der Waals surface area contributed by atoms with Crippen LogP contribution in [0.5, 0.6) is 5.75 Å². The lowest BCUT2D eigenvalue weighted by molar-refractivity contribution is 0.312. The lowest BCUT2D eigenvalue weighted by atomic mass is 9.87. The molecule has 2 unspecified atom stereocenters. The van der Waals surface area contributed by atoms with Gasteiger partial charge >= 0.3 is 0 Å². The number of ether oxygens (including phenoxy) is 1. The van der Waals surface area contributed by atoms with Crippen LogP contribution in [0.3, 0.4) is 0 Å². The molecule has 3 heteroatoms. The Kier molecular flexibility index (Phi) is 5.73. The molecule has 0 bridgehead atoms. The van der Waals surface area contributed by atoms with Crippen molar-refractivity contribution in [2.24, 2.45) is 5.92 Å². The number of benzene rings is 1. The molecule has 2 atom stereocenters. The van der Waals surface area contributed by atoms with Crippen molar-refractivity contribution in [1.82, 2.24) is 0 Å². The lowest BCUT2D eigenvalue weighted by Gasteiger charge is -2.28. The number of hydrogen-bond donors (Lipinski definition) is 1. The van der Waals surface area contributed by atoms with Crippen LogP contribution in [-0.4, -0.2) is 12.6 Å². The topological polar surface area (TPSA) is 45.0 Å². The van der Waals surface area contributed by atoms with Gasteiger partial charge in [0.15, 0.2) is 0 Å². The first-order valence-electron chi connectivity index (χ1n) is 7.64. The van der Waals surface area contributed by atoms with E-state index in [1.165, 1.54) is 25.7 Å². The number of nitriles is 1. The summed E-state index contributed by atoms with van der Waals surface area (Å²) in [7, 11) is 0. The molecule has 1 aromatic rings. The van der Waals surface area contributed by atoms with Crippen molar-refractivity contribution in [2.75, 3.05) is 11.9 Å². The summed E-state index contributed by atoms with van der Waals surface area (Å²) in [6, 6.07) is 10.9. The number of rotatable bonds is 6. The van der Waals surface area contributed by atoms with E-state index in [4.69, 9.17) is 10.00 Å². The van der Waals surface area contributed by atoms with Crippen LogP contribution < -0.4 is 10.1 Å². The van der Waals surface area contributed by atoms with Gasteiger partial charge in [-0.3, -0.25) is 0 Å². The summed E-state index contributed by atoms with van der Waals surface area (Å²) in [4.78, 5) is 0. The molecule has 108 valence electrons. The Morgan fingerprint density at radius 2 is 2.30 bits per heavy atom. The molecule has 2 rings (SSSR count). The molecular formula is C17H24N2O. The second kappa shape index (κ2) is 7.79. The average Bonchev–Trinajstić information content (AvgIpc) is 2.44. The van der Waals surface area contributed by atoms with E-state index in [-0.39, 0.29) is 0 Å². The van der Waals surface area contributed by atoms with Crippen LogP contribution in [0.2, 0.25) is 0 Å². The second-order valence-corrected chi connectivity index (χ2v) is 5.75. The number of nitrogens with one attached hydrogen (secondary N) is 1. The highest BCUT2D eigenvalue weighted by Gasteiger charge is 2.18. The molecule has 1 N–H and O–H groups in total. The van der Waals surface area contributed by atoms with Crippen LogP contribution in [0.4, 0.5) is 5.69 Å². The largest absolute Gasteiger partial charge is 0.493 e. The molecule has 20 heavy (non-hydrogen) atoms. The molecule has 1 fully saturated rings. The zero-order chi connectivity index (χ0) is 14.2. The Morgan fingerprint density at radius 3 is 3.10 bits per heavy atom. The minimum absolute atomic E-state index is 0.553. The van der Waals surface area contributed by atoms with Crippen molar-refractivity contribution in [2.45, 2.75) is 51.5 Å². The Morgan fingerprint density at radius 1 is 1.40 bits per heavy atom. The van der Waals surface area contributed by atoms with E-state index in [2.05, 4.69) is 30.4 Å². The summed E-state index contributed by atoms with van der Waals surface area (Å²) >= 11 is 0.